The standard InChI is InChI=1S/C14H21ClN2O2S/c1-17(7-8-20(2,18)19)14-6-3-11(9-13(14)15)10-16-12-4-5-12/h3,6,9,12,16H,4-5,7-8,10H2,1-2H3. The Bertz CT molecular complexity index is 571. The molecule has 0 heterocycles. The third-order valence-corrected chi connectivity index (χ3v) is 4.62. The highest BCUT2D eigenvalue weighted by Crippen LogP contribution is 2.26. The Kier molecular flexibility index (Phi) is 4.94. The molecule has 0 aromatic heterocycles. The van der Waals surface area contributed by atoms with Crippen molar-refractivity contribution in [3.63, 3.8) is 0 Å². The van der Waals surface area contributed by atoms with E-state index in [0.717, 1.165) is 17.8 Å². The molecule has 0 saturated heterocycles. The molecule has 1 aromatic carbocycles. The van der Waals surface area contributed by atoms with Gasteiger partial charge in [-0.05, 0) is 30.5 Å². The Morgan fingerprint density at radius 3 is 2.65 bits per heavy atom. The molecule has 0 amide bonds. The van der Waals surface area contributed by atoms with Gasteiger partial charge < -0.3 is 10.2 Å². The van der Waals surface area contributed by atoms with Gasteiger partial charge in [-0.25, -0.2) is 8.42 Å². The van der Waals surface area contributed by atoms with Crippen molar-refractivity contribution in [2.45, 2.75) is 25.4 Å². The minimum Gasteiger partial charge on any atom is -0.372 e. The van der Waals surface area contributed by atoms with Gasteiger partial charge in [0, 0.05) is 32.4 Å². The van der Waals surface area contributed by atoms with Gasteiger partial charge >= 0.3 is 0 Å². The molecule has 0 unspecified atom stereocenters. The SMILES string of the molecule is CN(CCS(C)(=O)=O)c1ccc(CNC2CC2)cc1Cl. The molecule has 1 aliphatic carbocycles. The summed E-state index contributed by atoms with van der Waals surface area (Å²) < 4.78 is 22.4. The fourth-order valence-electron chi connectivity index (χ4n) is 1.94. The Morgan fingerprint density at radius 1 is 1.40 bits per heavy atom. The number of nitrogens with one attached hydrogen (secondary N) is 1. The van der Waals surface area contributed by atoms with Crippen LogP contribution < -0.4 is 10.2 Å². The molecule has 1 aliphatic rings. The second-order valence-electron chi connectivity index (χ2n) is 5.49. The van der Waals surface area contributed by atoms with Crippen molar-refractivity contribution in [2.75, 3.05) is 30.5 Å². The maximum Gasteiger partial charge on any atom is 0.149 e. The quantitative estimate of drug-likeness (QED) is 0.836. The highest BCUT2D eigenvalue weighted by molar-refractivity contribution is 7.90. The van der Waals surface area contributed by atoms with Crippen LogP contribution in [0.3, 0.4) is 0 Å². The van der Waals surface area contributed by atoms with Gasteiger partial charge in [-0.2, -0.15) is 0 Å². The summed E-state index contributed by atoms with van der Waals surface area (Å²) in [6, 6.07) is 6.61. The van der Waals surface area contributed by atoms with E-state index >= 15 is 0 Å². The number of rotatable bonds is 7. The van der Waals surface area contributed by atoms with Gasteiger partial charge in [0.15, 0.2) is 0 Å². The fraction of sp³-hybridized carbons (Fsp3) is 0.571. The molecule has 1 saturated carbocycles. The lowest BCUT2D eigenvalue weighted by molar-refractivity contribution is 0.601. The van der Waals surface area contributed by atoms with E-state index in [4.69, 9.17) is 11.6 Å². The number of sulfone groups is 1. The van der Waals surface area contributed by atoms with Crippen molar-refractivity contribution in [2.24, 2.45) is 0 Å². The van der Waals surface area contributed by atoms with Gasteiger partial charge in [0.2, 0.25) is 0 Å². The van der Waals surface area contributed by atoms with Crippen LogP contribution in [0.1, 0.15) is 18.4 Å². The van der Waals surface area contributed by atoms with E-state index in [2.05, 4.69) is 5.32 Å². The van der Waals surface area contributed by atoms with Gasteiger partial charge in [0.25, 0.3) is 0 Å². The van der Waals surface area contributed by atoms with Crippen LogP contribution in [0.4, 0.5) is 5.69 Å². The van der Waals surface area contributed by atoms with E-state index in [1.54, 1.807) is 0 Å². The highest BCUT2D eigenvalue weighted by atomic mass is 35.5. The van der Waals surface area contributed by atoms with Crippen LogP contribution in [0.25, 0.3) is 0 Å². The summed E-state index contributed by atoms with van der Waals surface area (Å²) >= 11 is 6.29. The summed E-state index contributed by atoms with van der Waals surface area (Å²) in [5, 5.41) is 4.11. The number of nitrogens with zero attached hydrogens (tertiary/aromatic N) is 1. The van der Waals surface area contributed by atoms with Crippen molar-refractivity contribution in [3.05, 3.63) is 28.8 Å². The predicted octanol–water partition coefficient (Wildman–Crippen LogP) is 2.07. The Labute approximate surface area is 126 Å². The minimum absolute atomic E-state index is 0.130. The monoisotopic (exact) mass is 316 g/mol. The van der Waals surface area contributed by atoms with Gasteiger partial charge in [-0.3, -0.25) is 0 Å². The van der Waals surface area contributed by atoms with E-state index in [1.165, 1.54) is 19.1 Å². The summed E-state index contributed by atoms with van der Waals surface area (Å²) in [5.74, 6) is 0.130. The van der Waals surface area contributed by atoms with Crippen LogP contribution in [0, 0.1) is 0 Å². The summed E-state index contributed by atoms with van der Waals surface area (Å²) in [7, 11) is -1.10. The molecule has 1 N–H and O–H groups in total. The zero-order chi connectivity index (χ0) is 14.8. The molecule has 4 nitrogen and oxygen atoms in total. The first-order valence-electron chi connectivity index (χ1n) is 6.76. The maximum absolute atomic E-state index is 11.2. The third-order valence-electron chi connectivity index (χ3n) is 3.39. The second-order valence-corrected chi connectivity index (χ2v) is 8.16. The van der Waals surface area contributed by atoms with E-state index in [1.807, 2.05) is 30.1 Å². The molecule has 0 bridgehead atoms. The Morgan fingerprint density at radius 2 is 2.10 bits per heavy atom. The molecule has 112 valence electrons. The molecule has 20 heavy (non-hydrogen) atoms. The molecule has 2 rings (SSSR count). The third kappa shape index (κ3) is 4.96. The molecule has 0 aliphatic heterocycles. The maximum atomic E-state index is 11.2. The fourth-order valence-corrected chi connectivity index (χ4v) is 2.90. The first-order valence-corrected chi connectivity index (χ1v) is 9.20. The first-order chi connectivity index (χ1) is 9.35. The van der Waals surface area contributed by atoms with Crippen LogP contribution in [0.2, 0.25) is 5.02 Å². The summed E-state index contributed by atoms with van der Waals surface area (Å²) in [5.41, 5.74) is 2.02. The molecular weight excluding hydrogens is 296 g/mol. The van der Waals surface area contributed by atoms with Crippen LogP contribution in [-0.2, 0) is 16.4 Å². The zero-order valence-electron chi connectivity index (χ0n) is 11.9. The molecule has 0 atom stereocenters. The van der Waals surface area contributed by atoms with Crippen molar-refractivity contribution < 1.29 is 8.42 Å². The summed E-state index contributed by atoms with van der Waals surface area (Å²) in [6.07, 6.45) is 3.77. The number of anilines is 1. The predicted molar refractivity (Wildman–Crippen MR) is 84.3 cm³/mol. The number of benzene rings is 1. The van der Waals surface area contributed by atoms with Gasteiger partial charge in [-0.15, -0.1) is 0 Å². The van der Waals surface area contributed by atoms with Crippen LogP contribution in [0.5, 0.6) is 0 Å². The average Bonchev–Trinajstić information content (AvgIpc) is 3.17. The van der Waals surface area contributed by atoms with Crippen LogP contribution in [0.15, 0.2) is 18.2 Å². The van der Waals surface area contributed by atoms with E-state index in [0.29, 0.717) is 17.6 Å². The van der Waals surface area contributed by atoms with Crippen LogP contribution >= 0.6 is 11.6 Å². The molecule has 0 spiro atoms. The lowest BCUT2D eigenvalue weighted by Gasteiger charge is -2.20. The van der Waals surface area contributed by atoms with Crippen molar-refractivity contribution >= 4 is 27.1 Å². The highest BCUT2D eigenvalue weighted by Gasteiger charge is 2.20. The van der Waals surface area contributed by atoms with Crippen LogP contribution in [-0.4, -0.2) is 40.1 Å². The zero-order valence-corrected chi connectivity index (χ0v) is 13.5. The first kappa shape index (κ1) is 15.6. The number of hydrogen-bond donors (Lipinski definition) is 1. The second kappa shape index (κ2) is 6.33. The molecule has 0 radical (unpaired) electrons. The van der Waals surface area contributed by atoms with Gasteiger partial charge in [0.05, 0.1) is 16.5 Å². The van der Waals surface area contributed by atoms with E-state index in [-0.39, 0.29) is 5.75 Å². The smallest absolute Gasteiger partial charge is 0.149 e. The van der Waals surface area contributed by atoms with Crippen molar-refractivity contribution in [1.82, 2.24) is 5.32 Å². The van der Waals surface area contributed by atoms with Gasteiger partial charge in [0.1, 0.15) is 9.84 Å². The number of halogens is 1. The number of hydrogen-bond acceptors (Lipinski definition) is 4. The van der Waals surface area contributed by atoms with E-state index in [9.17, 15) is 8.42 Å². The lowest BCUT2D eigenvalue weighted by atomic mass is 10.2. The average molecular weight is 317 g/mol. The Balaban J connectivity index is 1.96. The molecular formula is C14H21ClN2O2S. The molecule has 1 aromatic rings. The normalized spacial score (nSPS) is 15.3. The van der Waals surface area contributed by atoms with E-state index < -0.39 is 9.84 Å². The lowest BCUT2D eigenvalue weighted by Crippen LogP contribution is -2.25. The topological polar surface area (TPSA) is 49.4 Å². The molecule has 1 fully saturated rings. The minimum atomic E-state index is -2.95. The largest absolute Gasteiger partial charge is 0.372 e. The summed E-state index contributed by atoms with van der Waals surface area (Å²) in [4.78, 5) is 1.88. The van der Waals surface area contributed by atoms with Crippen molar-refractivity contribution in [3.8, 4) is 0 Å². The van der Waals surface area contributed by atoms with Crippen molar-refractivity contribution in [1.29, 1.82) is 0 Å². The Hall–Kier alpha value is -0.780. The van der Waals surface area contributed by atoms with Gasteiger partial charge in [-0.1, -0.05) is 17.7 Å². The summed E-state index contributed by atoms with van der Waals surface area (Å²) in [6.45, 7) is 1.27. The molecule has 6 heteroatoms.